The van der Waals surface area contributed by atoms with E-state index in [4.69, 9.17) is 9.47 Å². The molecule has 174 valence electrons. The molecule has 0 heterocycles. The summed E-state index contributed by atoms with van der Waals surface area (Å²) < 4.78 is 11.2. The maximum Gasteiger partial charge on any atom is 0.411 e. The number of carbonyl (C=O) groups is 2. The molecule has 0 aromatic heterocycles. The SMILES string of the molecule is CNc1cc(C(=O)OC(C)(C)C)ccc1CN(C(=O)OC(C)(C)C)C(C)c1ccccc1. The molecule has 6 heteroatoms. The maximum atomic E-state index is 13.1. The van der Waals surface area contributed by atoms with Crippen molar-refractivity contribution in [2.24, 2.45) is 0 Å². The lowest BCUT2D eigenvalue weighted by molar-refractivity contribution is 0.00671. The number of carbonyl (C=O) groups excluding carboxylic acids is 2. The lowest BCUT2D eigenvalue weighted by Gasteiger charge is -2.32. The number of amides is 1. The van der Waals surface area contributed by atoms with Crippen LogP contribution in [0.15, 0.2) is 48.5 Å². The largest absolute Gasteiger partial charge is 0.456 e. The summed E-state index contributed by atoms with van der Waals surface area (Å²) >= 11 is 0. The first-order chi connectivity index (χ1) is 14.8. The summed E-state index contributed by atoms with van der Waals surface area (Å²) in [5.74, 6) is -0.387. The minimum absolute atomic E-state index is 0.207. The normalized spacial score (nSPS) is 12.6. The van der Waals surface area contributed by atoms with Crippen molar-refractivity contribution in [3.8, 4) is 0 Å². The van der Waals surface area contributed by atoms with E-state index in [1.807, 2.05) is 84.9 Å². The fourth-order valence-corrected chi connectivity index (χ4v) is 3.19. The Hall–Kier alpha value is -3.02. The van der Waals surface area contributed by atoms with Gasteiger partial charge in [-0.3, -0.25) is 4.90 Å². The van der Waals surface area contributed by atoms with Gasteiger partial charge in [0.2, 0.25) is 0 Å². The zero-order valence-electron chi connectivity index (χ0n) is 20.5. The third-order valence-corrected chi connectivity index (χ3v) is 4.73. The fourth-order valence-electron chi connectivity index (χ4n) is 3.19. The Labute approximate surface area is 191 Å². The number of nitrogens with one attached hydrogen (secondary N) is 1. The molecule has 0 bridgehead atoms. The van der Waals surface area contributed by atoms with Gasteiger partial charge < -0.3 is 14.8 Å². The van der Waals surface area contributed by atoms with Crippen LogP contribution in [-0.2, 0) is 16.0 Å². The summed E-state index contributed by atoms with van der Waals surface area (Å²) in [5.41, 5.74) is 1.89. The standard InChI is InChI=1S/C26H36N2O4/c1-18(19-12-10-9-11-13-19)28(24(30)32-26(5,6)7)17-21-15-14-20(16-22(21)27-8)23(29)31-25(2,3)4/h9-16,18,27H,17H2,1-8H3. The molecule has 1 amide bonds. The molecule has 0 fully saturated rings. The van der Waals surface area contributed by atoms with Crippen LogP contribution in [0, 0.1) is 0 Å². The van der Waals surface area contributed by atoms with E-state index in [9.17, 15) is 9.59 Å². The highest BCUT2D eigenvalue weighted by Crippen LogP contribution is 2.28. The average Bonchev–Trinajstić information content (AvgIpc) is 2.69. The molecule has 0 spiro atoms. The van der Waals surface area contributed by atoms with E-state index in [0.29, 0.717) is 12.1 Å². The second-order valence-corrected chi connectivity index (χ2v) is 9.82. The Bertz CT molecular complexity index is 927. The Balaban J connectivity index is 2.37. The molecule has 32 heavy (non-hydrogen) atoms. The summed E-state index contributed by atoms with van der Waals surface area (Å²) in [7, 11) is 1.79. The highest BCUT2D eigenvalue weighted by Gasteiger charge is 2.28. The van der Waals surface area contributed by atoms with Gasteiger partial charge in [-0.05, 0) is 71.7 Å². The topological polar surface area (TPSA) is 67.9 Å². The number of nitrogens with zero attached hydrogens (tertiary/aromatic N) is 1. The van der Waals surface area contributed by atoms with Crippen LogP contribution in [0.5, 0.6) is 0 Å². The van der Waals surface area contributed by atoms with E-state index in [-0.39, 0.29) is 12.0 Å². The molecule has 2 rings (SSSR count). The first kappa shape index (κ1) is 25.2. The summed E-state index contributed by atoms with van der Waals surface area (Å²) in [4.78, 5) is 27.3. The Morgan fingerprint density at radius 1 is 0.938 bits per heavy atom. The number of benzene rings is 2. The summed E-state index contributed by atoms with van der Waals surface area (Å²) in [6.45, 7) is 13.4. The molecule has 0 aliphatic heterocycles. The number of hydrogen-bond donors (Lipinski definition) is 1. The molecule has 2 aromatic carbocycles. The Morgan fingerprint density at radius 3 is 2.06 bits per heavy atom. The molecule has 6 nitrogen and oxygen atoms in total. The van der Waals surface area contributed by atoms with Gasteiger partial charge in [-0.15, -0.1) is 0 Å². The second-order valence-electron chi connectivity index (χ2n) is 9.82. The molecule has 0 aliphatic carbocycles. The van der Waals surface area contributed by atoms with Crippen LogP contribution in [0.4, 0.5) is 10.5 Å². The maximum absolute atomic E-state index is 13.1. The van der Waals surface area contributed by atoms with Gasteiger partial charge >= 0.3 is 12.1 Å². The summed E-state index contributed by atoms with van der Waals surface area (Å²) in [6.07, 6.45) is -0.396. The van der Waals surface area contributed by atoms with E-state index >= 15 is 0 Å². The third-order valence-electron chi connectivity index (χ3n) is 4.73. The van der Waals surface area contributed by atoms with E-state index in [1.54, 1.807) is 24.1 Å². The van der Waals surface area contributed by atoms with Gasteiger partial charge in [0.25, 0.3) is 0 Å². The molecule has 1 N–H and O–H groups in total. The van der Waals surface area contributed by atoms with E-state index in [2.05, 4.69) is 5.32 Å². The predicted molar refractivity (Wildman–Crippen MR) is 128 cm³/mol. The fraction of sp³-hybridized carbons (Fsp3) is 0.462. The number of rotatable bonds is 6. The number of hydrogen-bond acceptors (Lipinski definition) is 5. The van der Waals surface area contributed by atoms with Gasteiger partial charge in [-0.25, -0.2) is 9.59 Å². The van der Waals surface area contributed by atoms with E-state index in [1.165, 1.54) is 0 Å². The number of ether oxygens (including phenoxy) is 2. The quantitative estimate of drug-likeness (QED) is 0.543. The predicted octanol–water partition coefficient (Wildman–Crippen LogP) is 6.18. The zero-order chi connectivity index (χ0) is 24.1. The molecule has 0 saturated heterocycles. The second kappa shape index (κ2) is 10.1. The van der Waals surface area contributed by atoms with Crippen molar-refractivity contribution in [2.75, 3.05) is 12.4 Å². The average molecular weight is 441 g/mol. The van der Waals surface area contributed by atoms with Crippen LogP contribution >= 0.6 is 0 Å². The smallest absolute Gasteiger partial charge is 0.411 e. The van der Waals surface area contributed by atoms with Gasteiger partial charge in [0, 0.05) is 12.7 Å². The minimum Gasteiger partial charge on any atom is -0.456 e. The van der Waals surface area contributed by atoms with Crippen molar-refractivity contribution in [1.82, 2.24) is 4.90 Å². The van der Waals surface area contributed by atoms with Crippen molar-refractivity contribution in [2.45, 2.75) is 72.3 Å². The first-order valence-electron chi connectivity index (χ1n) is 10.9. The molecular weight excluding hydrogens is 404 g/mol. The lowest BCUT2D eigenvalue weighted by atomic mass is 10.0. The highest BCUT2D eigenvalue weighted by atomic mass is 16.6. The van der Waals surface area contributed by atoms with Gasteiger partial charge in [0.15, 0.2) is 0 Å². The molecular formula is C26H36N2O4. The van der Waals surface area contributed by atoms with Crippen molar-refractivity contribution in [3.63, 3.8) is 0 Å². The Morgan fingerprint density at radius 2 is 1.53 bits per heavy atom. The van der Waals surface area contributed by atoms with Gasteiger partial charge in [0.05, 0.1) is 18.2 Å². The highest BCUT2D eigenvalue weighted by molar-refractivity contribution is 5.91. The molecule has 0 saturated carbocycles. The molecule has 2 aromatic rings. The van der Waals surface area contributed by atoms with Gasteiger partial charge in [-0.1, -0.05) is 36.4 Å². The van der Waals surface area contributed by atoms with E-state index in [0.717, 1.165) is 16.8 Å². The molecule has 1 unspecified atom stereocenters. The van der Waals surface area contributed by atoms with Crippen LogP contribution in [-0.4, -0.2) is 35.2 Å². The lowest BCUT2D eigenvalue weighted by Crippen LogP contribution is -2.38. The molecule has 0 radical (unpaired) electrons. The third kappa shape index (κ3) is 7.29. The first-order valence-corrected chi connectivity index (χ1v) is 10.9. The van der Waals surface area contributed by atoms with E-state index < -0.39 is 17.3 Å². The van der Waals surface area contributed by atoms with Crippen molar-refractivity contribution < 1.29 is 19.1 Å². The monoisotopic (exact) mass is 440 g/mol. The van der Waals surface area contributed by atoms with Crippen LogP contribution in [0.1, 0.15) is 76.0 Å². The van der Waals surface area contributed by atoms with Crippen LogP contribution in [0.3, 0.4) is 0 Å². The summed E-state index contributed by atoms with van der Waals surface area (Å²) in [5, 5.41) is 3.14. The van der Waals surface area contributed by atoms with Crippen molar-refractivity contribution >= 4 is 17.7 Å². The van der Waals surface area contributed by atoms with Crippen LogP contribution in [0.2, 0.25) is 0 Å². The number of anilines is 1. The van der Waals surface area contributed by atoms with Crippen LogP contribution in [0.25, 0.3) is 0 Å². The number of esters is 1. The zero-order valence-corrected chi connectivity index (χ0v) is 20.5. The minimum atomic E-state index is -0.613. The molecule has 0 aliphatic rings. The van der Waals surface area contributed by atoms with Gasteiger partial charge in [0.1, 0.15) is 11.2 Å². The Kier molecular flexibility index (Phi) is 7.94. The molecule has 1 atom stereocenters. The van der Waals surface area contributed by atoms with Crippen molar-refractivity contribution in [3.05, 3.63) is 65.2 Å². The van der Waals surface area contributed by atoms with Gasteiger partial charge in [-0.2, -0.15) is 0 Å². The van der Waals surface area contributed by atoms with Crippen molar-refractivity contribution in [1.29, 1.82) is 0 Å². The summed E-state index contributed by atoms with van der Waals surface area (Å²) in [6, 6.07) is 15.0. The van der Waals surface area contributed by atoms with Crippen LogP contribution < -0.4 is 5.32 Å².